The molecule has 0 radical (unpaired) electrons. The predicted octanol–water partition coefficient (Wildman–Crippen LogP) is 2.40. The number of benzene rings is 1. The lowest BCUT2D eigenvalue weighted by Gasteiger charge is -2.02. The smallest absolute Gasteiger partial charge is 0.292 e. The van der Waals surface area contributed by atoms with Gasteiger partial charge in [0, 0.05) is 11.3 Å². The molecule has 1 aliphatic carbocycles. The van der Waals surface area contributed by atoms with Gasteiger partial charge in [0.25, 0.3) is 11.5 Å². The first-order valence-electron chi connectivity index (χ1n) is 8.04. The summed E-state index contributed by atoms with van der Waals surface area (Å²) >= 11 is 0. The number of amides is 1. The van der Waals surface area contributed by atoms with Crippen LogP contribution in [0.25, 0.3) is 10.8 Å². The molecule has 4 rings (SSSR count). The molecule has 1 aromatic carbocycles. The summed E-state index contributed by atoms with van der Waals surface area (Å²) in [5.74, 6) is 2.18. The van der Waals surface area contributed by atoms with E-state index >= 15 is 0 Å². The number of furan rings is 1. The zero-order chi connectivity index (χ0) is 17.4. The summed E-state index contributed by atoms with van der Waals surface area (Å²) in [6, 6.07) is 10.5. The second-order valence-electron chi connectivity index (χ2n) is 6.21. The van der Waals surface area contributed by atoms with Crippen LogP contribution in [0.2, 0.25) is 0 Å². The molecule has 1 saturated carbocycles. The zero-order valence-electron chi connectivity index (χ0n) is 13.5. The van der Waals surface area contributed by atoms with Crippen molar-refractivity contribution >= 4 is 22.9 Å². The molecule has 25 heavy (non-hydrogen) atoms. The Morgan fingerprint density at radius 3 is 2.84 bits per heavy atom. The van der Waals surface area contributed by atoms with Crippen molar-refractivity contribution < 1.29 is 9.21 Å². The van der Waals surface area contributed by atoms with Gasteiger partial charge in [-0.1, -0.05) is 25.1 Å². The maximum atomic E-state index is 12.3. The van der Waals surface area contributed by atoms with Crippen LogP contribution in [0.15, 0.2) is 50.7 Å². The lowest BCUT2D eigenvalue weighted by molar-refractivity contribution is 0.0951. The van der Waals surface area contributed by atoms with Crippen molar-refractivity contribution in [3.05, 3.63) is 64.0 Å². The number of nitrogens with one attached hydrogen (secondary N) is 2. The highest BCUT2D eigenvalue weighted by Crippen LogP contribution is 2.47. The fraction of sp³-hybridized carbons (Fsp3) is 0.222. The van der Waals surface area contributed by atoms with Crippen molar-refractivity contribution in [2.45, 2.75) is 19.3 Å². The van der Waals surface area contributed by atoms with Gasteiger partial charge in [-0.2, -0.15) is 10.2 Å². The number of hydrazone groups is 1. The first-order valence-corrected chi connectivity index (χ1v) is 8.04. The predicted molar refractivity (Wildman–Crippen MR) is 92.7 cm³/mol. The topological polar surface area (TPSA) is 100 Å². The Bertz CT molecular complexity index is 1030. The Balaban J connectivity index is 1.50. The van der Waals surface area contributed by atoms with Crippen LogP contribution in [0.5, 0.6) is 0 Å². The lowest BCUT2D eigenvalue weighted by atomic mass is 10.1. The Morgan fingerprint density at radius 2 is 2.08 bits per heavy atom. The van der Waals surface area contributed by atoms with Gasteiger partial charge in [0.15, 0.2) is 5.69 Å². The van der Waals surface area contributed by atoms with E-state index in [0.29, 0.717) is 28.4 Å². The number of aromatic amines is 1. The third-order valence-corrected chi connectivity index (χ3v) is 4.39. The molecule has 7 nitrogen and oxygen atoms in total. The van der Waals surface area contributed by atoms with Crippen LogP contribution in [0.4, 0.5) is 0 Å². The molecule has 0 spiro atoms. The standard InChI is InChI=1S/C18H16N4O3/c1-10-8-14(10)15-7-6-11(25-15)9-19-21-18(24)16-12-4-2-3-5-13(12)17(23)22-20-16/h2-7,9-10,14H,8H2,1H3,(H,21,24)(H,22,23)/b19-9-/t10-,14+/m0/s1. The molecule has 0 saturated heterocycles. The summed E-state index contributed by atoms with van der Waals surface area (Å²) in [5, 5.41) is 10.9. The monoisotopic (exact) mass is 336 g/mol. The van der Waals surface area contributed by atoms with Crippen LogP contribution in [-0.2, 0) is 0 Å². The minimum absolute atomic E-state index is 0.110. The third kappa shape index (κ3) is 2.96. The highest BCUT2D eigenvalue weighted by molar-refractivity contribution is 6.04. The fourth-order valence-electron chi connectivity index (χ4n) is 2.85. The molecule has 7 heteroatoms. The molecule has 0 aliphatic heterocycles. The van der Waals surface area contributed by atoms with E-state index in [1.54, 1.807) is 24.3 Å². The van der Waals surface area contributed by atoms with Crippen LogP contribution in [0.1, 0.15) is 41.3 Å². The largest absolute Gasteiger partial charge is 0.460 e. The number of nitrogens with zero attached hydrogens (tertiary/aromatic N) is 2. The Kier molecular flexibility index (Phi) is 3.68. The fourth-order valence-corrected chi connectivity index (χ4v) is 2.85. The van der Waals surface area contributed by atoms with Crippen LogP contribution >= 0.6 is 0 Å². The van der Waals surface area contributed by atoms with Gasteiger partial charge in [-0.25, -0.2) is 10.5 Å². The summed E-state index contributed by atoms with van der Waals surface area (Å²) in [4.78, 5) is 24.0. The van der Waals surface area contributed by atoms with Crippen molar-refractivity contribution in [3.8, 4) is 0 Å². The number of hydrogen-bond acceptors (Lipinski definition) is 5. The normalized spacial score (nSPS) is 19.4. The molecule has 2 heterocycles. The van der Waals surface area contributed by atoms with Crippen molar-refractivity contribution in [3.63, 3.8) is 0 Å². The van der Waals surface area contributed by atoms with E-state index in [2.05, 4.69) is 27.6 Å². The van der Waals surface area contributed by atoms with E-state index in [1.807, 2.05) is 12.1 Å². The summed E-state index contributed by atoms with van der Waals surface area (Å²) < 4.78 is 5.69. The molecule has 3 aromatic rings. The summed E-state index contributed by atoms with van der Waals surface area (Å²) in [6.07, 6.45) is 2.59. The van der Waals surface area contributed by atoms with Gasteiger partial charge in [-0.15, -0.1) is 0 Å². The van der Waals surface area contributed by atoms with Crippen molar-refractivity contribution in [2.24, 2.45) is 11.0 Å². The summed E-state index contributed by atoms with van der Waals surface area (Å²) in [7, 11) is 0. The SMILES string of the molecule is C[C@H]1C[C@H]1c1ccc(/C=N\NC(=O)c2n[nH]c(=O)c3ccccc23)o1. The zero-order valence-corrected chi connectivity index (χ0v) is 13.5. The molecule has 126 valence electrons. The van der Waals surface area contributed by atoms with Crippen LogP contribution in [0.3, 0.4) is 0 Å². The van der Waals surface area contributed by atoms with Gasteiger partial charge in [0.05, 0.1) is 11.6 Å². The summed E-state index contributed by atoms with van der Waals surface area (Å²) in [6.45, 7) is 2.18. The second-order valence-corrected chi connectivity index (χ2v) is 6.21. The number of rotatable bonds is 4. The first kappa shape index (κ1) is 15.3. The van der Waals surface area contributed by atoms with Crippen LogP contribution in [0, 0.1) is 5.92 Å². The van der Waals surface area contributed by atoms with E-state index in [4.69, 9.17) is 4.42 Å². The highest BCUT2D eigenvalue weighted by atomic mass is 16.3. The molecule has 2 atom stereocenters. The van der Waals surface area contributed by atoms with Crippen molar-refractivity contribution in [1.82, 2.24) is 15.6 Å². The maximum Gasteiger partial charge on any atom is 0.292 e. The van der Waals surface area contributed by atoms with Gasteiger partial charge in [0.2, 0.25) is 0 Å². The number of hydrogen-bond donors (Lipinski definition) is 2. The van der Waals surface area contributed by atoms with Gasteiger partial charge < -0.3 is 4.42 Å². The number of fused-ring (bicyclic) bond motifs is 1. The Hall–Kier alpha value is -3.22. The molecule has 1 fully saturated rings. The van der Waals surface area contributed by atoms with Crippen molar-refractivity contribution in [1.29, 1.82) is 0 Å². The van der Waals surface area contributed by atoms with Gasteiger partial charge in [0.1, 0.15) is 11.5 Å². The molecule has 2 aromatic heterocycles. The quantitative estimate of drug-likeness (QED) is 0.564. The molecule has 0 unspecified atom stereocenters. The van der Waals surface area contributed by atoms with E-state index in [-0.39, 0.29) is 11.3 Å². The third-order valence-electron chi connectivity index (χ3n) is 4.39. The summed E-state index contributed by atoms with van der Waals surface area (Å²) in [5.41, 5.74) is 2.18. The molecule has 1 amide bonds. The molecule has 1 aliphatic rings. The Labute approximate surface area is 142 Å². The van der Waals surface area contributed by atoms with E-state index in [0.717, 1.165) is 12.2 Å². The average Bonchev–Trinajstić information content (AvgIpc) is 3.16. The Morgan fingerprint density at radius 1 is 1.32 bits per heavy atom. The minimum atomic E-state index is -0.508. The van der Waals surface area contributed by atoms with Crippen LogP contribution in [-0.4, -0.2) is 22.3 Å². The van der Waals surface area contributed by atoms with Gasteiger partial charge >= 0.3 is 0 Å². The lowest BCUT2D eigenvalue weighted by Crippen LogP contribution is -2.22. The highest BCUT2D eigenvalue weighted by Gasteiger charge is 2.36. The van der Waals surface area contributed by atoms with Crippen LogP contribution < -0.4 is 11.0 Å². The van der Waals surface area contributed by atoms with Crippen molar-refractivity contribution in [2.75, 3.05) is 0 Å². The number of H-pyrrole nitrogens is 1. The van der Waals surface area contributed by atoms with Gasteiger partial charge in [-0.05, 0) is 30.5 Å². The maximum absolute atomic E-state index is 12.3. The minimum Gasteiger partial charge on any atom is -0.460 e. The molecule has 2 N–H and O–H groups in total. The van der Waals surface area contributed by atoms with Gasteiger partial charge in [-0.3, -0.25) is 9.59 Å². The van der Waals surface area contributed by atoms with E-state index < -0.39 is 5.91 Å². The average molecular weight is 336 g/mol. The second kappa shape index (κ2) is 6.01. The number of carbonyl (C=O) groups is 1. The van der Waals surface area contributed by atoms with E-state index in [1.165, 1.54) is 6.21 Å². The number of carbonyl (C=O) groups excluding carboxylic acids is 1. The first-order chi connectivity index (χ1) is 12.1. The molecular weight excluding hydrogens is 320 g/mol. The number of aromatic nitrogens is 2. The molecular formula is C18H16N4O3. The molecule has 0 bridgehead atoms. The van der Waals surface area contributed by atoms with E-state index in [9.17, 15) is 9.59 Å².